The Hall–Kier alpha value is -3.64. The summed E-state index contributed by atoms with van der Waals surface area (Å²) in [5, 5.41) is 3.12. The van der Waals surface area contributed by atoms with Gasteiger partial charge in [0.05, 0.1) is 16.6 Å². The highest BCUT2D eigenvalue weighted by atomic mass is 16.2. The summed E-state index contributed by atoms with van der Waals surface area (Å²) in [6, 6.07) is 18.3. The standard InChI is InChI=1S/C25H22N4O2/c1-26(2)12-6-13-28-24(30)22-23(25(28)31)29-19-10-4-3-7-17(19)15-20(29)18-9-5-8-16-11-14-27(22)21(16)18/h3-5,7-11,14-15H,6,12-13H2,1-2H3. The van der Waals surface area contributed by atoms with Crippen LogP contribution < -0.4 is 11.1 Å². The first kappa shape index (κ1) is 18.2. The summed E-state index contributed by atoms with van der Waals surface area (Å²) in [4.78, 5) is 29.3. The van der Waals surface area contributed by atoms with Crippen LogP contribution in [0.4, 0.5) is 0 Å². The predicted octanol–water partition coefficient (Wildman–Crippen LogP) is 3.56. The fourth-order valence-corrected chi connectivity index (χ4v) is 4.90. The van der Waals surface area contributed by atoms with Crippen LogP contribution in [-0.2, 0) is 6.54 Å². The third-order valence-corrected chi connectivity index (χ3v) is 6.27. The van der Waals surface area contributed by atoms with E-state index in [2.05, 4.69) is 17.0 Å². The highest BCUT2D eigenvalue weighted by Gasteiger charge is 2.21. The summed E-state index contributed by atoms with van der Waals surface area (Å²) >= 11 is 0. The molecule has 4 heterocycles. The van der Waals surface area contributed by atoms with Gasteiger partial charge in [-0.05, 0) is 45.3 Å². The molecule has 0 bridgehead atoms. The second-order valence-electron chi connectivity index (χ2n) is 8.47. The van der Waals surface area contributed by atoms with E-state index in [0.29, 0.717) is 17.6 Å². The molecule has 2 aromatic carbocycles. The summed E-state index contributed by atoms with van der Waals surface area (Å²) in [5.41, 5.74) is 3.27. The number of nitrogens with zero attached hydrogens (tertiary/aromatic N) is 4. The molecule has 0 aliphatic carbocycles. The van der Waals surface area contributed by atoms with Gasteiger partial charge in [0.25, 0.3) is 11.1 Å². The fraction of sp³-hybridized carbons (Fsp3) is 0.200. The van der Waals surface area contributed by atoms with E-state index in [1.807, 2.05) is 71.6 Å². The van der Waals surface area contributed by atoms with Gasteiger partial charge in [-0.15, -0.1) is 0 Å². The van der Waals surface area contributed by atoms with Gasteiger partial charge in [-0.3, -0.25) is 14.2 Å². The Bertz CT molecular complexity index is 1740. The van der Waals surface area contributed by atoms with Crippen LogP contribution in [0.25, 0.3) is 43.7 Å². The molecule has 0 atom stereocenters. The Kier molecular flexibility index (Phi) is 3.76. The van der Waals surface area contributed by atoms with Crippen molar-refractivity contribution >= 4 is 43.7 Å². The maximum Gasteiger partial charge on any atom is 0.280 e. The van der Waals surface area contributed by atoms with Gasteiger partial charge in [-0.1, -0.05) is 36.4 Å². The van der Waals surface area contributed by atoms with Crippen LogP contribution in [0.1, 0.15) is 6.42 Å². The first-order chi connectivity index (χ1) is 15.1. The Labute approximate surface area is 177 Å². The summed E-state index contributed by atoms with van der Waals surface area (Å²) in [5.74, 6) is 0. The van der Waals surface area contributed by atoms with Gasteiger partial charge in [-0.2, -0.15) is 0 Å². The summed E-state index contributed by atoms with van der Waals surface area (Å²) in [7, 11) is 3.99. The van der Waals surface area contributed by atoms with Crippen molar-refractivity contribution in [1.29, 1.82) is 0 Å². The first-order valence-corrected chi connectivity index (χ1v) is 10.5. The molecule has 0 fully saturated rings. The Morgan fingerprint density at radius 2 is 1.58 bits per heavy atom. The normalized spacial score (nSPS) is 12.5. The minimum atomic E-state index is -0.226. The molecular weight excluding hydrogens is 388 g/mol. The van der Waals surface area contributed by atoms with Crippen molar-refractivity contribution in [1.82, 2.24) is 18.3 Å². The predicted molar refractivity (Wildman–Crippen MR) is 126 cm³/mol. The molecule has 0 aliphatic rings. The fourth-order valence-electron chi connectivity index (χ4n) is 4.90. The molecule has 31 heavy (non-hydrogen) atoms. The van der Waals surface area contributed by atoms with Crippen molar-refractivity contribution in [3.8, 4) is 0 Å². The summed E-state index contributed by atoms with van der Waals surface area (Å²) < 4.78 is 5.30. The van der Waals surface area contributed by atoms with Crippen LogP contribution >= 0.6 is 0 Å². The quantitative estimate of drug-likeness (QED) is 0.447. The van der Waals surface area contributed by atoms with Gasteiger partial charge >= 0.3 is 0 Å². The lowest BCUT2D eigenvalue weighted by atomic mass is 10.1. The SMILES string of the molecule is CN(C)CCCn1c(=O)c2c(c1=O)n1c3ccccc3cc1c1cccc3ccn2c31. The van der Waals surface area contributed by atoms with E-state index in [-0.39, 0.29) is 11.1 Å². The van der Waals surface area contributed by atoms with Crippen LogP contribution in [0.3, 0.4) is 0 Å². The third kappa shape index (κ3) is 2.42. The van der Waals surface area contributed by atoms with Crippen molar-refractivity contribution in [3.63, 3.8) is 0 Å². The number of para-hydroxylation sites is 2. The molecule has 4 aromatic heterocycles. The van der Waals surface area contributed by atoms with E-state index in [1.54, 1.807) is 0 Å². The van der Waals surface area contributed by atoms with E-state index in [0.717, 1.165) is 45.7 Å². The van der Waals surface area contributed by atoms with Crippen LogP contribution in [0, 0.1) is 0 Å². The van der Waals surface area contributed by atoms with Crippen LogP contribution in [0.2, 0.25) is 0 Å². The van der Waals surface area contributed by atoms with Gasteiger partial charge in [0.15, 0.2) is 0 Å². The zero-order valence-electron chi connectivity index (χ0n) is 17.5. The maximum absolute atomic E-state index is 13.7. The highest BCUT2D eigenvalue weighted by molar-refractivity contribution is 6.10. The molecule has 0 amide bonds. The summed E-state index contributed by atoms with van der Waals surface area (Å²) in [6.45, 7) is 1.22. The lowest BCUT2D eigenvalue weighted by molar-refractivity contribution is 0.384. The average molecular weight is 410 g/mol. The van der Waals surface area contributed by atoms with Crippen molar-refractivity contribution in [2.45, 2.75) is 13.0 Å². The monoisotopic (exact) mass is 410 g/mol. The van der Waals surface area contributed by atoms with E-state index in [1.165, 1.54) is 4.57 Å². The third-order valence-electron chi connectivity index (χ3n) is 6.27. The van der Waals surface area contributed by atoms with Crippen LogP contribution in [0.15, 0.2) is 70.4 Å². The molecule has 6 rings (SSSR count). The van der Waals surface area contributed by atoms with E-state index in [9.17, 15) is 9.59 Å². The van der Waals surface area contributed by atoms with Gasteiger partial charge in [0.1, 0.15) is 11.0 Å². The Balaban J connectivity index is 1.88. The minimum Gasteiger partial charge on any atom is -0.309 e. The zero-order valence-corrected chi connectivity index (χ0v) is 17.5. The molecule has 6 nitrogen and oxygen atoms in total. The molecule has 6 heteroatoms. The van der Waals surface area contributed by atoms with E-state index in [4.69, 9.17) is 0 Å². The molecule has 0 saturated heterocycles. The number of benzene rings is 2. The molecule has 0 saturated carbocycles. The Morgan fingerprint density at radius 1 is 0.806 bits per heavy atom. The molecule has 0 aliphatic heterocycles. The Morgan fingerprint density at radius 3 is 2.42 bits per heavy atom. The molecule has 0 N–H and O–H groups in total. The van der Waals surface area contributed by atoms with E-state index < -0.39 is 0 Å². The zero-order chi connectivity index (χ0) is 21.3. The maximum atomic E-state index is 13.7. The number of hydrogen-bond acceptors (Lipinski definition) is 3. The van der Waals surface area contributed by atoms with Crippen molar-refractivity contribution in [2.24, 2.45) is 0 Å². The lowest BCUT2D eigenvalue weighted by Gasteiger charge is -2.08. The molecule has 0 radical (unpaired) electrons. The van der Waals surface area contributed by atoms with Crippen LogP contribution in [-0.4, -0.2) is 38.9 Å². The number of aromatic nitrogens is 3. The molecular formula is C25H22N4O2. The van der Waals surface area contributed by atoms with Gasteiger partial charge in [0.2, 0.25) is 0 Å². The minimum absolute atomic E-state index is 0.225. The molecule has 154 valence electrons. The average Bonchev–Trinajstić information content (AvgIpc) is 3.38. The van der Waals surface area contributed by atoms with Crippen LogP contribution in [0.5, 0.6) is 0 Å². The number of fused-ring (bicyclic) bond motifs is 7. The van der Waals surface area contributed by atoms with Crippen molar-refractivity contribution < 1.29 is 0 Å². The van der Waals surface area contributed by atoms with Gasteiger partial charge < -0.3 is 13.7 Å². The first-order valence-electron chi connectivity index (χ1n) is 10.5. The lowest BCUT2D eigenvalue weighted by Crippen LogP contribution is -2.27. The van der Waals surface area contributed by atoms with E-state index >= 15 is 0 Å². The number of rotatable bonds is 4. The molecule has 0 unspecified atom stereocenters. The summed E-state index contributed by atoms with van der Waals surface area (Å²) in [6.07, 6.45) is 2.65. The topological polar surface area (TPSA) is 51.1 Å². The second kappa shape index (κ2) is 6.43. The van der Waals surface area contributed by atoms with Crippen molar-refractivity contribution in [2.75, 3.05) is 20.6 Å². The second-order valence-corrected chi connectivity index (χ2v) is 8.47. The molecule has 0 spiro atoms. The van der Waals surface area contributed by atoms with Gasteiger partial charge in [0, 0.05) is 28.9 Å². The molecule has 6 aromatic rings. The highest BCUT2D eigenvalue weighted by Crippen LogP contribution is 2.31. The van der Waals surface area contributed by atoms with Crippen molar-refractivity contribution in [3.05, 3.63) is 81.5 Å². The smallest absolute Gasteiger partial charge is 0.280 e. The number of hydrogen-bond donors (Lipinski definition) is 0. The van der Waals surface area contributed by atoms with Gasteiger partial charge in [-0.25, -0.2) is 0 Å². The largest absolute Gasteiger partial charge is 0.309 e.